The van der Waals surface area contributed by atoms with Crippen LogP contribution >= 0.6 is 0 Å². The van der Waals surface area contributed by atoms with Gasteiger partial charge in [0.1, 0.15) is 0 Å². The number of amides is 1. The number of nitrogens with one attached hydrogen (secondary N) is 1. The van der Waals surface area contributed by atoms with Gasteiger partial charge in [0.15, 0.2) is 0 Å². The highest BCUT2D eigenvalue weighted by molar-refractivity contribution is 7.89. The Morgan fingerprint density at radius 2 is 1.73 bits per heavy atom. The van der Waals surface area contributed by atoms with Gasteiger partial charge in [0.25, 0.3) is 0 Å². The zero-order valence-electron chi connectivity index (χ0n) is 16.7. The van der Waals surface area contributed by atoms with E-state index < -0.39 is 10.0 Å². The first-order valence-electron chi connectivity index (χ1n) is 10.0. The van der Waals surface area contributed by atoms with Gasteiger partial charge in [-0.2, -0.15) is 4.31 Å². The van der Waals surface area contributed by atoms with Crippen molar-refractivity contribution in [3.63, 3.8) is 0 Å². The lowest BCUT2D eigenvalue weighted by Crippen LogP contribution is -2.41. The normalized spacial score (nSPS) is 15.3. The molecule has 0 unspecified atom stereocenters. The lowest BCUT2D eigenvalue weighted by molar-refractivity contribution is -0.121. The number of nitrogens with zero attached hydrogens (tertiary/aromatic N) is 2. The highest BCUT2D eigenvalue weighted by Crippen LogP contribution is 2.21. The van der Waals surface area contributed by atoms with Crippen molar-refractivity contribution in [3.8, 4) is 0 Å². The van der Waals surface area contributed by atoms with Crippen LogP contribution in [0.3, 0.4) is 0 Å². The number of sulfonamides is 1. The number of aryl methyl sites for hydroxylation is 1. The molecule has 1 amide bonds. The molecule has 1 fully saturated rings. The highest BCUT2D eigenvalue weighted by atomic mass is 32.2. The van der Waals surface area contributed by atoms with Gasteiger partial charge in [-0.3, -0.25) is 4.79 Å². The van der Waals surface area contributed by atoms with E-state index in [1.807, 2.05) is 41.1 Å². The number of morpholine rings is 1. The number of carbonyl (C=O) groups is 1. The number of hydrogen-bond acceptors (Lipinski definition) is 4. The summed E-state index contributed by atoms with van der Waals surface area (Å²) in [4.78, 5) is 12.6. The Kier molecular flexibility index (Phi) is 6.17. The molecule has 158 valence electrons. The van der Waals surface area contributed by atoms with Crippen LogP contribution in [0.1, 0.15) is 12.0 Å². The third kappa shape index (κ3) is 4.40. The molecule has 1 N–H and O–H groups in total. The Morgan fingerprint density at radius 3 is 2.57 bits per heavy atom. The van der Waals surface area contributed by atoms with Crippen LogP contribution in [0.4, 0.5) is 0 Å². The molecule has 2 aromatic carbocycles. The zero-order valence-corrected chi connectivity index (χ0v) is 17.5. The molecule has 1 aliphatic heterocycles. The van der Waals surface area contributed by atoms with Gasteiger partial charge in [-0.1, -0.05) is 36.4 Å². The third-order valence-corrected chi connectivity index (χ3v) is 7.30. The van der Waals surface area contributed by atoms with Crippen LogP contribution in [0.25, 0.3) is 10.9 Å². The Morgan fingerprint density at radius 1 is 1.00 bits per heavy atom. The topological polar surface area (TPSA) is 80.6 Å². The molecule has 3 aromatic rings. The Hall–Kier alpha value is -2.68. The molecule has 2 heterocycles. The fourth-order valence-corrected chi connectivity index (χ4v) is 5.30. The molecule has 0 atom stereocenters. The SMILES string of the molecule is O=C(CCn1ccc2ccccc21)NCc1ccccc1S(=O)(=O)N1CCOCC1. The molecule has 1 aliphatic rings. The molecule has 7 nitrogen and oxygen atoms in total. The molecule has 0 aliphatic carbocycles. The van der Waals surface area contributed by atoms with Gasteiger partial charge >= 0.3 is 0 Å². The number of aromatic nitrogens is 1. The van der Waals surface area contributed by atoms with E-state index in [0.29, 0.717) is 44.8 Å². The predicted octanol–water partition coefficient (Wildman–Crippen LogP) is 2.37. The molecular formula is C22H25N3O4S. The molecule has 4 rings (SSSR count). The average molecular weight is 428 g/mol. The first kappa shape index (κ1) is 20.6. The number of carbonyl (C=O) groups excluding carboxylic acids is 1. The molecule has 8 heteroatoms. The summed E-state index contributed by atoms with van der Waals surface area (Å²) in [5, 5.41) is 4.00. The standard InChI is InChI=1S/C22H25N3O4S/c26-22(10-12-24-11-9-18-5-1-3-7-20(18)24)23-17-19-6-2-4-8-21(19)30(27,28)25-13-15-29-16-14-25/h1-9,11H,10,12-17H2,(H,23,26). The molecule has 0 radical (unpaired) electrons. The zero-order chi connectivity index (χ0) is 21.0. The van der Waals surface area contributed by atoms with E-state index in [2.05, 4.69) is 5.32 Å². The lowest BCUT2D eigenvalue weighted by Gasteiger charge is -2.27. The lowest BCUT2D eigenvalue weighted by atomic mass is 10.2. The highest BCUT2D eigenvalue weighted by Gasteiger charge is 2.28. The van der Waals surface area contributed by atoms with Crippen molar-refractivity contribution < 1.29 is 17.9 Å². The monoisotopic (exact) mass is 427 g/mol. The van der Waals surface area contributed by atoms with Crippen LogP contribution in [-0.4, -0.2) is 49.5 Å². The Bertz CT molecular complexity index is 1130. The van der Waals surface area contributed by atoms with E-state index >= 15 is 0 Å². The largest absolute Gasteiger partial charge is 0.379 e. The molecular weight excluding hydrogens is 402 g/mol. The van der Waals surface area contributed by atoms with E-state index in [1.165, 1.54) is 4.31 Å². The summed E-state index contributed by atoms with van der Waals surface area (Å²) in [5.41, 5.74) is 1.68. The maximum atomic E-state index is 13.0. The Balaban J connectivity index is 1.39. The Labute approximate surface area is 176 Å². The second kappa shape index (κ2) is 8.99. The van der Waals surface area contributed by atoms with Crippen molar-refractivity contribution in [2.45, 2.75) is 24.4 Å². The van der Waals surface area contributed by atoms with Gasteiger partial charge in [0.2, 0.25) is 15.9 Å². The van der Waals surface area contributed by atoms with Gasteiger partial charge in [0, 0.05) is 44.3 Å². The summed E-state index contributed by atoms with van der Waals surface area (Å²) >= 11 is 0. The summed E-state index contributed by atoms with van der Waals surface area (Å²) in [7, 11) is -3.61. The summed E-state index contributed by atoms with van der Waals surface area (Å²) in [6.45, 7) is 2.21. The van der Waals surface area contributed by atoms with Gasteiger partial charge in [-0.25, -0.2) is 8.42 Å². The summed E-state index contributed by atoms with van der Waals surface area (Å²) in [5.74, 6) is -0.119. The number of fused-ring (bicyclic) bond motifs is 1. The van der Waals surface area contributed by atoms with Crippen molar-refractivity contribution >= 4 is 26.8 Å². The van der Waals surface area contributed by atoms with Crippen LogP contribution in [0, 0.1) is 0 Å². The number of hydrogen-bond donors (Lipinski definition) is 1. The van der Waals surface area contributed by atoms with Crippen molar-refractivity contribution in [2.75, 3.05) is 26.3 Å². The van der Waals surface area contributed by atoms with E-state index in [4.69, 9.17) is 4.74 Å². The van der Waals surface area contributed by atoms with Crippen LogP contribution in [0.2, 0.25) is 0 Å². The van der Waals surface area contributed by atoms with Gasteiger partial charge in [-0.05, 0) is 29.1 Å². The molecule has 30 heavy (non-hydrogen) atoms. The second-order valence-electron chi connectivity index (χ2n) is 7.22. The maximum Gasteiger partial charge on any atom is 0.243 e. The van der Waals surface area contributed by atoms with Gasteiger partial charge < -0.3 is 14.6 Å². The van der Waals surface area contributed by atoms with Crippen LogP contribution < -0.4 is 5.32 Å². The number of ether oxygens (including phenoxy) is 1. The summed E-state index contributed by atoms with van der Waals surface area (Å²) < 4.78 is 34.8. The van der Waals surface area contributed by atoms with E-state index in [1.54, 1.807) is 24.3 Å². The summed E-state index contributed by atoms with van der Waals surface area (Å²) in [6, 6.07) is 16.9. The minimum atomic E-state index is -3.61. The van der Waals surface area contributed by atoms with Crippen molar-refractivity contribution in [1.82, 2.24) is 14.2 Å². The molecule has 1 aromatic heterocycles. The second-order valence-corrected chi connectivity index (χ2v) is 9.13. The first-order valence-corrected chi connectivity index (χ1v) is 11.5. The number of para-hydroxylation sites is 1. The fraction of sp³-hybridized carbons (Fsp3) is 0.318. The van der Waals surface area contributed by atoms with Crippen molar-refractivity contribution in [3.05, 3.63) is 66.4 Å². The van der Waals surface area contributed by atoms with Crippen molar-refractivity contribution in [1.29, 1.82) is 0 Å². The smallest absolute Gasteiger partial charge is 0.243 e. The third-order valence-electron chi connectivity index (χ3n) is 5.30. The minimum absolute atomic E-state index is 0.119. The van der Waals surface area contributed by atoms with Crippen LogP contribution in [-0.2, 0) is 32.6 Å². The van der Waals surface area contributed by atoms with Gasteiger partial charge in [-0.15, -0.1) is 0 Å². The molecule has 0 spiro atoms. The molecule has 1 saturated heterocycles. The maximum absolute atomic E-state index is 13.0. The predicted molar refractivity (Wildman–Crippen MR) is 114 cm³/mol. The fourth-order valence-electron chi connectivity index (χ4n) is 3.67. The quantitative estimate of drug-likeness (QED) is 0.628. The number of rotatable bonds is 7. The first-order chi connectivity index (χ1) is 14.6. The van der Waals surface area contributed by atoms with E-state index in [9.17, 15) is 13.2 Å². The number of benzene rings is 2. The summed E-state index contributed by atoms with van der Waals surface area (Å²) in [6.07, 6.45) is 2.29. The van der Waals surface area contributed by atoms with Gasteiger partial charge in [0.05, 0.1) is 18.1 Å². The van der Waals surface area contributed by atoms with E-state index in [0.717, 1.165) is 10.9 Å². The molecule has 0 bridgehead atoms. The van der Waals surface area contributed by atoms with Crippen molar-refractivity contribution in [2.24, 2.45) is 0 Å². The van der Waals surface area contributed by atoms with E-state index in [-0.39, 0.29) is 17.3 Å². The molecule has 0 saturated carbocycles. The minimum Gasteiger partial charge on any atom is -0.379 e. The van der Waals surface area contributed by atoms with Crippen LogP contribution in [0.5, 0.6) is 0 Å². The average Bonchev–Trinajstić information content (AvgIpc) is 3.20. The van der Waals surface area contributed by atoms with Crippen LogP contribution in [0.15, 0.2) is 65.7 Å².